The van der Waals surface area contributed by atoms with Crippen molar-refractivity contribution < 1.29 is 0 Å². The second-order valence-electron chi connectivity index (χ2n) is 10.1. The second-order valence-corrected chi connectivity index (χ2v) is 10.1. The number of hydrogen-bond donors (Lipinski definition) is 0. The van der Waals surface area contributed by atoms with Crippen molar-refractivity contribution in [1.29, 1.82) is 0 Å². The van der Waals surface area contributed by atoms with Crippen molar-refractivity contribution >= 4 is 0 Å². The molecule has 4 aliphatic carbocycles. The molecule has 0 aromatic heterocycles. The SMILES string of the molecule is CCCC1CCC2CC3CCC4CCCCC4(C)C3CC12C. The second kappa shape index (κ2) is 5.52. The summed E-state index contributed by atoms with van der Waals surface area (Å²) in [6, 6.07) is 0. The summed E-state index contributed by atoms with van der Waals surface area (Å²) >= 11 is 0. The fourth-order valence-corrected chi connectivity index (χ4v) is 8.01. The summed E-state index contributed by atoms with van der Waals surface area (Å²) in [5.41, 5.74) is 1.42. The minimum absolute atomic E-state index is 0.708. The van der Waals surface area contributed by atoms with Crippen molar-refractivity contribution in [2.45, 2.75) is 97.8 Å². The van der Waals surface area contributed by atoms with Crippen LogP contribution in [-0.2, 0) is 0 Å². The van der Waals surface area contributed by atoms with Crippen LogP contribution in [0.25, 0.3) is 0 Å². The minimum atomic E-state index is 0.708. The van der Waals surface area contributed by atoms with Crippen molar-refractivity contribution in [3.63, 3.8) is 0 Å². The van der Waals surface area contributed by atoms with Gasteiger partial charge in [0, 0.05) is 0 Å². The van der Waals surface area contributed by atoms with Crippen LogP contribution in [0.15, 0.2) is 0 Å². The van der Waals surface area contributed by atoms with Crippen LogP contribution in [0.1, 0.15) is 97.8 Å². The van der Waals surface area contributed by atoms with E-state index in [4.69, 9.17) is 0 Å². The van der Waals surface area contributed by atoms with Gasteiger partial charge in [-0.15, -0.1) is 0 Å². The predicted molar refractivity (Wildman–Crippen MR) is 94.7 cm³/mol. The van der Waals surface area contributed by atoms with Gasteiger partial charge in [-0.3, -0.25) is 0 Å². The summed E-state index contributed by atoms with van der Waals surface area (Å²) in [7, 11) is 0. The third-order valence-electron chi connectivity index (χ3n) is 9.37. The molecule has 4 saturated carbocycles. The molecule has 0 spiro atoms. The van der Waals surface area contributed by atoms with Crippen molar-refractivity contribution in [3.8, 4) is 0 Å². The highest BCUT2D eigenvalue weighted by molar-refractivity contribution is 5.07. The largest absolute Gasteiger partial charge is 0.0654 e. The molecule has 0 N–H and O–H groups in total. The molecular weight excluding hydrogens is 264 g/mol. The minimum Gasteiger partial charge on any atom is -0.0654 e. The van der Waals surface area contributed by atoms with E-state index in [9.17, 15) is 0 Å². The van der Waals surface area contributed by atoms with Gasteiger partial charge in [-0.05, 0) is 91.8 Å². The highest BCUT2D eigenvalue weighted by Gasteiger charge is 2.58. The van der Waals surface area contributed by atoms with Crippen LogP contribution < -0.4 is 0 Å². The lowest BCUT2D eigenvalue weighted by molar-refractivity contribution is -0.106. The third kappa shape index (κ3) is 2.15. The molecule has 0 heterocycles. The Kier molecular flexibility index (Phi) is 3.90. The Hall–Kier alpha value is 0. The molecule has 4 fully saturated rings. The van der Waals surface area contributed by atoms with E-state index in [0.29, 0.717) is 10.8 Å². The van der Waals surface area contributed by atoms with Gasteiger partial charge in [0.2, 0.25) is 0 Å². The summed E-state index contributed by atoms with van der Waals surface area (Å²) in [6.07, 6.45) is 18.5. The fraction of sp³-hybridized carbons (Fsp3) is 1.00. The maximum Gasteiger partial charge on any atom is -0.0266 e. The van der Waals surface area contributed by atoms with Crippen molar-refractivity contribution in [2.75, 3.05) is 0 Å². The third-order valence-corrected chi connectivity index (χ3v) is 9.37. The van der Waals surface area contributed by atoms with Crippen LogP contribution in [0.5, 0.6) is 0 Å². The van der Waals surface area contributed by atoms with E-state index in [2.05, 4.69) is 20.8 Å². The topological polar surface area (TPSA) is 0 Å². The molecule has 0 heteroatoms. The normalized spacial score (nSPS) is 54.4. The molecule has 126 valence electrons. The van der Waals surface area contributed by atoms with Gasteiger partial charge in [0.25, 0.3) is 0 Å². The van der Waals surface area contributed by atoms with E-state index in [1.54, 1.807) is 51.4 Å². The Labute approximate surface area is 138 Å². The summed E-state index contributed by atoms with van der Waals surface area (Å²) in [5, 5.41) is 0. The zero-order valence-electron chi connectivity index (χ0n) is 15.4. The maximum absolute atomic E-state index is 2.72. The van der Waals surface area contributed by atoms with Crippen molar-refractivity contribution in [3.05, 3.63) is 0 Å². The van der Waals surface area contributed by atoms with E-state index in [1.807, 2.05) is 0 Å². The van der Waals surface area contributed by atoms with Gasteiger partial charge in [-0.2, -0.15) is 0 Å². The van der Waals surface area contributed by atoms with Crippen molar-refractivity contribution in [1.82, 2.24) is 0 Å². The molecule has 4 aliphatic rings. The molecule has 0 aromatic rings. The van der Waals surface area contributed by atoms with Gasteiger partial charge in [-0.1, -0.05) is 46.5 Å². The maximum atomic E-state index is 2.72. The summed E-state index contributed by atoms with van der Waals surface area (Å²) < 4.78 is 0. The quantitative estimate of drug-likeness (QED) is 0.524. The van der Waals surface area contributed by atoms with E-state index in [-0.39, 0.29) is 0 Å². The van der Waals surface area contributed by atoms with Gasteiger partial charge >= 0.3 is 0 Å². The molecule has 0 bridgehead atoms. The van der Waals surface area contributed by atoms with E-state index < -0.39 is 0 Å². The first-order valence-corrected chi connectivity index (χ1v) is 10.6. The summed E-state index contributed by atoms with van der Waals surface area (Å²) in [4.78, 5) is 0. The molecule has 0 saturated heterocycles. The van der Waals surface area contributed by atoms with Crippen LogP contribution in [0.3, 0.4) is 0 Å². The van der Waals surface area contributed by atoms with E-state index in [0.717, 1.165) is 29.6 Å². The lowest BCUT2D eigenvalue weighted by Crippen LogP contribution is -2.51. The highest BCUT2D eigenvalue weighted by Crippen LogP contribution is 2.67. The molecular formula is C22H38. The molecule has 7 atom stereocenters. The molecule has 22 heavy (non-hydrogen) atoms. The Balaban J connectivity index is 1.61. The Morgan fingerprint density at radius 1 is 0.864 bits per heavy atom. The predicted octanol–water partition coefficient (Wildman–Crippen LogP) is 6.84. The van der Waals surface area contributed by atoms with Gasteiger partial charge in [0.15, 0.2) is 0 Å². The first-order chi connectivity index (χ1) is 10.6. The average Bonchev–Trinajstić information content (AvgIpc) is 2.82. The lowest BCUT2D eigenvalue weighted by atomic mass is 9.45. The zero-order valence-corrected chi connectivity index (χ0v) is 15.4. The molecule has 0 aromatic carbocycles. The summed E-state index contributed by atoms with van der Waals surface area (Å²) in [5.74, 6) is 5.38. The fourth-order valence-electron chi connectivity index (χ4n) is 8.01. The zero-order chi connectivity index (χ0) is 15.4. The average molecular weight is 303 g/mol. The monoisotopic (exact) mass is 302 g/mol. The number of rotatable bonds is 2. The summed E-state index contributed by atoms with van der Waals surface area (Å²) in [6.45, 7) is 7.85. The highest BCUT2D eigenvalue weighted by atomic mass is 14.6. The van der Waals surface area contributed by atoms with E-state index in [1.165, 1.54) is 25.7 Å². The Bertz CT molecular complexity index is 412. The lowest BCUT2D eigenvalue weighted by Gasteiger charge is -2.60. The van der Waals surface area contributed by atoms with Crippen molar-refractivity contribution in [2.24, 2.45) is 40.4 Å². The van der Waals surface area contributed by atoms with Gasteiger partial charge in [0.1, 0.15) is 0 Å². The standard InChI is InChI=1S/C22H38/c1-4-7-17-11-12-19-14-16-9-10-18-8-5-6-13-21(18,2)20(16)15-22(17,19)3/h16-20H,4-15H2,1-3H3. The van der Waals surface area contributed by atoms with Crippen LogP contribution >= 0.6 is 0 Å². The smallest absolute Gasteiger partial charge is 0.0266 e. The van der Waals surface area contributed by atoms with Crippen LogP contribution in [0.4, 0.5) is 0 Å². The Morgan fingerprint density at radius 3 is 2.50 bits per heavy atom. The molecule has 0 aliphatic heterocycles. The van der Waals surface area contributed by atoms with Gasteiger partial charge in [-0.25, -0.2) is 0 Å². The Morgan fingerprint density at radius 2 is 1.68 bits per heavy atom. The van der Waals surface area contributed by atoms with Gasteiger partial charge in [0.05, 0.1) is 0 Å². The molecule has 0 radical (unpaired) electrons. The molecule has 0 amide bonds. The first kappa shape index (κ1) is 15.5. The van der Waals surface area contributed by atoms with Crippen LogP contribution in [0, 0.1) is 40.4 Å². The van der Waals surface area contributed by atoms with Crippen LogP contribution in [-0.4, -0.2) is 0 Å². The van der Waals surface area contributed by atoms with Gasteiger partial charge < -0.3 is 0 Å². The number of hydrogen-bond acceptors (Lipinski definition) is 0. The molecule has 7 unspecified atom stereocenters. The molecule has 0 nitrogen and oxygen atoms in total. The first-order valence-electron chi connectivity index (χ1n) is 10.6. The number of fused-ring (bicyclic) bond motifs is 4. The van der Waals surface area contributed by atoms with E-state index >= 15 is 0 Å². The molecule has 4 rings (SSSR count). The van der Waals surface area contributed by atoms with Crippen LogP contribution in [0.2, 0.25) is 0 Å².